The number of aryl methyl sites for hydroxylation is 2. The van der Waals surface area contributed by atoms with Gasteiger partial charge in [0.25, 0.3) is 0 Å². The van der Waals surface area contributed by atoms with Crippen LogP contribution >= 0.6 is 11.3 Å². The third-order valence-electron chi connectivity index (χ3n) is 3.29. The largest absolute Gasteiger partial charge is 0.478 e. The zero-order valence-corrected chi connectivity index (χ0v) is 11.9. The fourth-order valence-corrected chi connectivity index (χ4v) is 2.86. The van der Waals surface area contributed by atoms with Crippen molar-refractivity contribution in [2.45, 2.75) is 13.8 Å². The lowest BCUT2D eigenvalue weighted by molar-refractivity contribution is 0.0699. The van der Waals surface area contributed by atoms with E-state index in [4.69, 9.17) is 0 Å². The average molecular weight is 284 g/mol. The summed E-state index contributed by atoms with van der Waals surface area (Å²) in [5.74, 6) is -0.933. The second-order valence-electron chi connectivity index (χ2n) is 4.65. The molecule has 0 atom stereocenters. The van der Waals surface area contributed by atoms with E-state index in [1.165, 1.54) is 11.3 Å². The first-order valence-electron chi connectivity index (χ1n) is 6.11. The lowest BCUT2D eigenvalue weighted by Crippen LogP contribution is -2.02. The number of thiazole rings is 1. The van der Waals surface area contributed by atoms with E-state index in [9.17, 15) is 9.90 Å². The molecule has 100 valence electrons. The molecule has 1 N–H and O–H groups in total. The smallest absolute Gasteiger partial charge is 0.336 e. The van der Waals surface area contributed by atoms with Crippen LogP contribution < -0.4 is 0 Å². The van der Waals surface area contributed by atoms with Crippen molar-refractivity contribution in [2.24, 2.45) is 0 Å². The van der Waals surface area contributed by atoms with E-state index in [1.807, 2.05) is 26.0 Å². The number of hydrogen-bond donors (Lipinski definition) is 1. The van der Waals surface area contributed by atoms with Gasteiger partial charge in [-0.3, -0.25) is 4.98 Å². The Morgan fingerprint density at radius 2 is 2.00 bits per heavy atom. The molecule has 0 aliphatic heterocycles. The lowest BCUT2D eigenvalue weighted by Gasteiger charge is -2.10. The molecular weight excluding hydrogens is 272 g/mol. The van der Waals surface area contributed by atoms with E-state index in [0.717, 1.165) is 21.5 Å². The zero-order valence-electron chi connectivity index (χ0n) is 11.0. The Bertz CT molecular complexity index is 810. The molecule has 20 heavy (non-hydrogen) atoms. The van der Waals surface area contributed by atoms with Crippen molar-refractivity contribution in [3.05, 3.63) is 46.6 Å². The van der Waals surface area contributed by atoms with E-state index in [0.29, 0.717) is 16.6 Å². The van der Waals surface area contributed by atoms with Gasteiger partial charge in [-0.1, -0.05) is 12.1 Å². The molecule has 0 unspecified atom stereocenters. The van der Waals surface area contributed by atoms with Gasteiger partial charge in [-0.15, -0.1) is 11.3 Å². The summed E-state index contributed by atoms with van der Waals surface area (Å²) in [6, 6.07) is 5.52. The van der Waals surface area contributed by atoms with Gasteiger partial charge < -0.3 is 5.11 Å². The van der Waals surface area contributed by atoms with Crippen LogP contribution in [-0.2, 0) is 0 Å². The predicted octanol–water partition coefficient (Wildman–Crippen LogP) is 3.67. The highest BCUT2D eigenvalue weighted by molar-refractivity contribution is 7.13. The third kappa shape index (κ3) is 1.96. The molecule has 0 saturated carbocycles. The monoisotopic (exact) mass is 284 g/mol. The van der Waals surface area contributed by atoms with Gasteiger partial charge in [0, 0.05) is 11.6 Å². The normalized spacial score (nSPS) is 10.9. The van der Waals surface area contributed by atoms with E-state index >= 15 is 0 Å². The molecular formula is C15H12N2O2S. The van der Waals surface area contributed by atoms with Gasteiger partial charge in [-0.2, -0.15) is 0 Å². The van der Waals surface area contributed by atoms with Crippen LogP contribution in [0.3, 0.4) is 0 Å². The number of hydrogen-bond acceptors (Lipinski definition) is 4. The number of carbonyl (C=O) groups is 1. The second-order valence-corrected chi connectivity index (χ2v) is 5.54. The minimum Gasteiger partial charge on any atom is -0.478 e. The van der Waals surface area contributed by atoms with Crippen LogP contribution in [0.4, 0.5) is 0 Å². The summed E-state index contributed by atoms with van der Waals surface area (Å²) in [7, 11) is 0. The maximum absolute atomic E-state index is 11.6. The molecule has 2 heterocycles. The summed E-state index contributed by atoms with van der Waals surface area (Å²) in [6.45, 7) is 3.85. The van der Waals surface area contributed by atoms with E-state index in [2.05, 4.69) is 9.97 Å². The van der Waals surface area contributed by atoms with Crippen LogP contribution in [0.25, 0.3) is 21.5 Å². The molecule has 4 nitrogen and oxygen atoms in total. The first kappa shape index (κ1) is 12.7. The molecule has 0 saturated heterocycles. The third-order valence-corrected chi connectivity index (χ3v) is 4.08. The summed E-state index contributed by atoms with van der Waals surface area (Å²) < 4.78 is 0. The highest BCUT2D eigenvalue weighted by atomic mass is 32.1. The number of fused-ring (bicyclic) bond motifs is 1. The Morgan fingerprint density at radius 3 is 2.65 bits per heavy atom. The number of carboxylic acid groups (broad SMARTS) is 1. The molecule has 0 fully saturated rings. The summed E-state index contributed by atoms with van der Waals surface area (Å²) in [6.07, 6.45) is 1.70. The molecule has 0 aliphatic carbocycles. The molecule has 0 spiro atoms. The van der Waals surface area contributed by atoms with Gasteiger partial charge in [0.05, 0.1) is 27.2 Å². The second kappa shape index (κ2) is 4.68. The van der Waals surface area contributed by atoms with Gasteiger partial charge in [0.2, 0.25) is 0 Å². The van der Waals surface area contributed by atoms with Gasteiger partial charge >= 0.3 is 5.97 Å². The van der Waals surface area contributed by atoms with Crippen molar-refractivity contribution >= 4 is 28.2 Å². The molecule has 3 aromatic rings. The maximum Gasteiger partial charge on any atom is 0.336 e. The standard InChI is InChI=1S/C15H12N2O2S/c1-8-3-4-9(2)14-13(8)10(15(18)19)5-11(17-14)12-6-16-7-20-12/h3-7H,1-2H3,(H,18,19). The van der Waals surface area contributed by atoms with Crippen LogP contribution in [0.1, 0.15) is 21.5 Å². The van der Waals surface area contributed by atoms with Gasteiger partial charge in [0.1, 0.15) is 0 Å². The summed E-state index contributed by atoms with van der Waals surface area (Å²) in [5.41, 5.74) is 5.30. The summed E-state index contributed by atoms with van der Waals surface area (Å²) >= 11 is 1.45. The number of pyridine rings is 1. The number of benzene rings is 1. The Kier molecular flexibility index (Phi) is 2.99. The van der Waals surface area contributed by atoms with Gasteiger partial charge in [0.15, 0.2) is 0 Å². The van der Waals surface area contributed by atoms with Crippen molar-refractivity contribution in [1.82, 2.24) is 9.97 Å². The van der Waals surface area contributed by atoms with E-state index < -0.39 is 5.97 Å². The van der Waals surface area contributed by atoms with Crippen molar-refractivity contribution < 1.29 is 9.90 Å². The number of carboxylic acids is 1. The zero-order chi connectivity index (χ0) is 14.3. The molecule has 0 bridgehead atoms. The van der Waals surface area contributed by atoms with Crippen LogP contribution in [0.15, 0.2) is 29.9 Å². The van der Waals surface area contributed by atoms with Crippen molar-refractivity contribution in [3.63, 3.8) is 0 Å². The molecule has 1 aromatic carbocycles. The fraction of sp³-hybridized carbons (Fsp3) is 0.133. The number of aromatic nitrogens is 2. The first-order chi connectivity index (χ1) is 9.58. The molecule has 0 aliphatic rings. The van der Waals surface area contributed by atoms with Crippen molar-refractivity contribution in [2.75, 3.05) is 0 Å². The molecule has 0 amide bonds. The van der Waals surface area contributed by atoms with Crippen LogP contribution in [0, 0.1) is 13.8 Å². The van der Waals surface area contributed by atoms with Crippen LogP contribution in [0.2, 0.25) is 0 Å². The summed E-state index contributed by atoms with van der Waals surface area (Å²) in [4.78, 5) is 21.1. The maximum atomic E-state index is 11.6. The molecule has 5 heteroatoms. The Balaban J connectivity index is 2.43. The SMILES string of the molecule is Cc1ccc(C)c2c(C(=O)O)cc(-c3cncs3)nc12. The minimum absolute atomic E-state index is 0.291. The molecule has 3 rings (SSSR count). The first-order valence-corrected chi connectivity index (χ1v) is 6.99. The predicted molar refractivity (Wildman–Crippen MR) is 79.3 cm³/mol. The summed E-state index contributed by atoms with van der Waals surface area (Å²) in [5, 5.41) is 10.2. The topological polar surface area (TPSA) is 63.1 Å². The molecule has 0 radical (unpaired) electrons. The lowest BCUT2D eigenvalue weighted by atomic mass is 10.00. The average Bonchev–Trinajstić information content (AvgIpc) is 2.96. The fourth-order valence-electron chi connectivity index (χ4n) is 2.28. The highest BCUT2D eigenvalue weighted by Crippen LogP contribution is 2.30. The van der Waals surface area contributed by atoms with Gasteiger partial charge in [-0.25, -0.2) is 9.78 Å². The highest BCUT2D eigenvalue weighted by Gasteiger charge is 2.16. The minimum atomic E-state index is -0.933. The Hall–Kier alpha value is -2.27. The number of aromatic carboxylic acids is 1. The van der Waals surface area contributed by atoms with Crippen molar-refractivity contribution in [1.29, 1.82) is 0 Å². The number of nitrogens with zero attached hydrogens (tertiary/aromatic N) is 2. The van der Waals surface area contributed by atoms with Crippen LogP contribution in [-0.4, -0.2) is 21.0 Å². The quantitative estimate of drug-likeness (QED) is 0.779. The molecule has 2 aromatic heterocycles. The van der Waals surface area contributed by atoms with Crippen LogP contribution in [0.5, 0.6) is 0 Å². The Labute approximate surface area is 119 Å². The van der Waals surface area contributed by atoms with Gasteiger partial charge in [-0.05, 0) is 31.0 Å². The van der Waals surface area contributed by atoms with E-state index in [1.54, 1.807) is 17.8 Å². The van der Waals surface area contributed by atoms with E-state index in [-0.39, 0.29) is 0 Å². The van der Waals surface area contributed by atoms with Crippen molar-refractivity contribution in [3.8, 4) is 10.6 Å². The Morgan fingerprint density at radius 1 is 1.25 bits per heavy atom. The number of rotatable bonds is 2.